The van der Waals surface area contributed by atoms with Crippen LogP contribution < -0.4 is 5.32 Å². The molecule has 0 amide bonds. The second-order valence-corrected chi connectivity index (χ2v) is 4.38. The number of benzene rings is 1. The molecular weight excluding hydrogens is 272 g/mol. The molecule has 0 atom stereocenters. The van der Waals surface area contributed by atoms with Crippen molar-refractivity contribution in [2.45, 2.75) is 26.7 Å². The Morgan fingerprint density at radius 3 is 2.20 bits per heavy atom. The Kier molecular flexibility index (Phi) is 5.60. The summed E-state index contributed by atoms with van der Waals surface area (Å²) in [6.07, 6.45) is 1.43. The van der Waals surface area contributed by atoms with E-state index in [1.165, 1.54) is 0 Å². The minimum Gasteiger partial charge on any atom is -0.345 e. The molecule has 1 aromatic rings. The third kappa shape index (κ3) is 3.09. The summed E-state index contributed by atoms with van der Waals surface area (Å²) in [5, 5.41) is 30.3. The van der Waals surface area contributed by atoms with Crippen molar-refractivity contribution in [2.24, 2.45) is 0 Å². The van der Waals surface area contributed by atoms with Gasteiger partial charge in [-0.3, -0.25) is 0 Å². The Morgan fingerprint density at radius 2 is 1.75 bits per heavy atom. The van der Waals surface area contributed by atoms with Crippen molar-refractivity contribution >= 4 is 17.3 Å². The molecule has 0 radical (unpaired) electrons. The Morgan fingerprint density at radius 1 is 1.10 bits per heavy atom. The van der Waals surface area contributed by atoms with Gasteiger partial charge in [0.2, 0.25) is 0 Å². The number of nitrogens with one attached hydrogen (secondary N) is 1. The SMILES string of the molecule is CCc1ccc(Cl)c(CC)c1NC(C#N)=C(C#N)C#N. The number of nitrogens with zero attached hydrogens (tertiary/aromatic N) is 3. The quantitative estimate of drug-likeness (QED) is 0.854. The third-order valence-corrected chi connectivity index (χ3v) is 3.27. The molecular formula is C15H13ClN4. The molecule has 0 spiro atoms. The topological polar surface area (TPSA) is 83.4 Å². The Balaban J connectivity index is 3.46. The first-order chi connectivity index (χ1) is 9.62. The third-order valence-electron chi connectivity index (χ3n) is 2.91. The van der Waals surface area contributed by atoms with Crippen LogP contribution in [0.2, 0.25) is 5.02 Å². The van der Waals surface area contributed by atoms with Gasteiger partial charge in [-0.1, -0.05) is 31.5 Å². The minimum atomic E-state index is -0.239. The number of hydrogen-bond donors (Lipinski definition) is 1. The molecule has 0 fully saturated rings. The smallest absolute Gasteiger partial charge is 0.163 e. The lowest BCUT2D eigenvalue weighted by Crippen LogP contribution is -2.06. The maximum atomic E-state index is 9.11. The zero-order valence-electron chi connectivity index (χ0n) is 11.3. The summed E-state index contributed by atoms with van der Waals surface area (Å²) >= 11 is 6.16. The van der Waals surface area contributed by atoms with Crippen LogP contribution in [0.25, 0.3) is 0 Å². The Hall–Kier alpha value is -2.48. The number of allylic oxidation sites excluding steroid dienone is 2. The van der Waals surface area contributed by atoms with E-state index >= 15 is 0 Å². The molecule has 4 nitrogen and oxygen atoms in total. The van der Waals surface area contributed by atoms with Gasteiger partial charge in [0.1, 0.15) is 23.9 Å². The number of anilines is 1. The van der Waals surface area contributed by atoms with Crippen molar-refractivity contribution in [2.75, 3.05) is 5.32 Å². The summed E-state index contributed by atoms with van der Waals surface area (Å²) in [6.45, 7) is 3.94. The molecule has 100 valence electrons. The van der Waals surface area contributed by atoms with E-state index in [0.29, 0.717) is 17.1 Å². The molecule has 20 heavy (non-hydrogen) atoms. The highest BCUT2D eigenvalue weighted by atomic mass is 35.5. The first-order valence-electron chi connectivity index (χ1n) is 6.14. The molecule has 0 aromatic heterocycles. The predicted octanol–water partition coefficient (Wildman–Crippen LogP) is 3.70. The normalized spacial score (nSPS) is 9.00. The maximum Gasteiger partial charge on any atom is 0.163 e. The summed E-state index contributed by atoms with van der Waals surface area (Å²) in [6, 6.07) is 8.97. The Bertz CT molecular complexity index is 653. The van der Waals surface area contributed by atoms with Crippen LogP contribution >= 0.6 is 11.6 Å². The van der Waals surface area contributed by atoms with E-state index in [9.17, 15) is 0 Å². The first-order valence-corrected chi connectivity index (χ1v) is 6.52. The summed E-state index contributed by atoms with van der Waals surface area (Å²) in [5.74, 6) is 0. The average molecular weight is 285 g/mol. The zero-order valence-corrected chi connectivity index (χ0v) is 12.0. The fourth-order valence-corrected chi connectivity index (χ4v) is 2.17. The number of aryl methyl sites for hydroxylation is 1. The van der Waals surface area contributed by atoms with E-state index in [2.05, 4.69) is 5.32 Å². The molecule has 5 heteroatoms. The molecule has 0 aliphatic rings. The fraction of sp³-hybridized carbons (Fsp3) is 0.267. The molecule has 0 aliphatic heterocycles. The first kappa shape index (κ1) is 15.6. The van der Waals surface area contributed by atoms with Crippen molar-refractivity contribution in [1.29, 1.82) is 15.8 Å². The average Bonchev–Trinajstić information content (AvgIpc) is 2.47. The monoisotopic (exact) mass is 284 g/mol. The number of rotatable bonds is 4. The number of hydrogen-bond acceptors (Lipinski definition) is 4. The lowest BCUT2D eigenvalue weighted by atomic mass is 10.0. The largest absolute Gasteiger partial charge is 0.345 e. The maximum absolute atomic E-state index is 9.11. The van der Waals surface area contributed by atoms with Crippen LogP contribution in [0.5, 0.6) is 0 Å². The fourth-order valence-electron chi connectivity index (χ4n) is 1.88. The summed E-state index contributed by atoms with van der Waals surface area (Å²) in [5.41, 5.74) is 2.27. The molecule has 1 N–H and O–H groups in total. The van der Waals surface area contributed by atoms with Crippen LogP contribution in [-0.2, 0) is 12.8 Å². The van der Waals surface area contributed by atoms with Gasteiger partial charge in [-0.05, 0) is 30.0 Å². The summed E-state index contributed by atoms with van der Waals surface area (Å²) < 4.78 is 0. The predicted molar refractivity (Wildman–Crippen MR) is 77.7 cm³/mol. The van der Waals surface area contributed by atoms with Crippen LogP contribution in [0.1, 0.15) is 25.0 Å². The molecule has 0 saturated carbocycles. The second-order valence-electron chi connectivity index (χ2n) is 3.98. The Labute approximate surface area is 123 Å². The van der Waals surface area contributed by atoms with Crippen molar-refractivity contribution in [1.82, 2.24) is 0 Å². The molecule has 0 saturated heterocycles. The van der Waals surface area contributed by atoms with E-state index in [1.807, 2.05) is 32.0 Å². The van der Waals surface area contributed by atoms with E-state index in [1.54, 1.807) is 12.1 Å². The van der Waals surface area contributed by atoms with Gasteiger partial charge in [0.15, 0.2) is 5.57 Å². The van der Waals surface area contributed by atoms with E-state index in [4.69, 9.17) is 27.4 Å². The highest BCUT2D eigenvalue weighted by Gasteiger charge is 2.14. The molecule has 0 heterocycles. The molecule has 1 rings (SSSR count). The van der Waals surface area contributed by atoms with E-state index < -0.39 is 0 Å². The molecule has 0 aliphatic carbocycles. The van der Waals surface area contributed by atoms with E-state index in [0.717, 1.165) is 17.5 Å². The van der Waals surface area contributed by atoms with Crippen molar-refractivity contribution < 1.29 is 0 Å². The van der Waals surface area contributed by atoms with Crippen LogP contribution in [0.4, 0.5) is 5.69 Å². The van der Waals surface area contributed by atoms with Gasteiger partial charge in [0.25, 0.3) is 0 Å². The van der Waals surface area contributed by atoms with Crippen LogP contribution in [0, 0.1) is 34.0 Å². The highest BCUT2D eigenvalue weighted by Crippen LogP contribution is 2.30. The van der Waals surface area contributed by atoms with Crippen molar-refractivity contribution in [3.05, 3.63) is 39.6 Å². The minimum absolute atomic E-state index is 0.0540. The van der Waals surface area contributed by atoms with Gasteiger partial charge >= 0.3 is 0 Å². The van der Waals surface area contributed by atoms with Gasteiger partial charge in [0.05, 0.1) is 0 Å². The number of nitriles is 3. The highest BCUT2D eigenvalue weighted by molar-refractivity contribution is 6.31. The van der Waals surface area contributed by atoms with Crippen LogP contribution in [-0.4, -0.2) is 0 Å². The van der Waals surface area contributed by atoms with Gasteiger partial charge in [-0.15, -0.1) is 0 Å². The van der Waals surface area contributed by atoms with Crippen LogP contribution in [0.15, 0.2) is 23.4 Å². The van der Waals surface area contributed by atoms with Gasteiger partial charge in [0, 0.05) is 10.7 Å². The second kappa shape index (κ2) is 7.19. The standard InChI is InChI=1S/C15H13ClN4/c1-3-10-5-6-13(16)12(4-2)15(10)20-14(9-19)11(7-17)8-18/h5-6,20H,3-4H2,1-2H3. The molecule has 0 unspecified atom stereocenters. The van der Waals surface area contributed by atoms with Gasteiger partial charge in [-0.2, -0.15) is 15.8 Å². The van der Waals surface area contributed by atoms with E-state index in [-0.39, 0.29) is 11.3 Å². The molecule has 0 bridgehead atoms. The van der Waals surface area contributed by atoms with Gasteiger partial charge < -0.3 is 5.32 Å². The summed E-state index contributed by atoms with van der Waals surface area (Å²) in [7, 11) is 0. The lowest BCUT2D eigenvalue weighted by molar-refractivity contribution is 1.08. The van der Waals surface area contributed by atoms with Crippen molar-refractivity contribution in [3.63, 3.8) is 0 Å². The van der Waals surface area contributed by atoms with Crippen LogP contribution in [0.3, 0.4) is 0 Å². The summed E-state index contributed by atoms with van der Waals surface area (Å²) in [4.78, 5) is 0. The number of halogens is 1. The zero-order chi connectivity index (χ0) is 15.1. The molecule has 1 aromatic carbocycles. The van der Waals surface area contributed by atoms with Crippen molar-refractivity contribution in [3.8, 4) is 18.2 Å². The van der Waals surface area contributed by atoms with Gasteiger partial charge in [-0.25, -0.2) is 0 Å². The lowest BCUT2D eigenvalue weighted by Gasteiger charge is -2.16.